The lowest BCUT2D eigenvalue weighted by Gasteiger charge is -2.19. The molecule has 0 aliphatic rings. The Morgan fingerprint density at radius 1 is 1.23 bits per heavy atom. The number of nitrogens with one attached hydrogen (secondary N) is 1. The number of benzene rings is 1. The zero-order valence-corrected chi connectivity index (χ0v) is 14.5. The van der Waals surface area contributed by atoms with Gasteiger partial charge in [-0.3, -0.25) is 0 Å². The molecule has 0 amide bonds. The fraction of sp³-hybridized carbons (Fsp3) is 0.400. The molecule has 0 spiro atoms. The van der Waals surface area contributed by atoms with Crippen LogP contribution in [0.4, 0.5) is 0 Å². The summed E-state index contributed by atoms with van der Waals surface area (Å²) < 4.78 is 22.5. The Kier molecular flexibility index (Phi) is 5.33. The number of hydrogen-bond acceptors (Lipinski definition) is 5. The van der Waals surface area contributed by atoms with E-state index in [1.807, 2.05) is 13.1 Å². The minimum absolute atomic E-state index is 0.0819. The average Bonchev–Trinajstić information content (AvgIpc) is 2.95. The van der Waals surface area contributed by atoms with Crippen LogP contribution in [0.25, 0.3) is 0 Å². The molecule has 22 heavy (non-hydrogen) atoms. The molecule has 5 nitrogen and oxygen atoms in total. The van der Waals surface area contributed by atoms with Gasteiger partial charge in [-0.2, -0.15) is 0 Å². The lowest BCUT2D eigenvalue weighted by atomic mass is 10.1. The van der Waals surface area contributed by atoms with E-state index in [4.69, 9.17) is 5.14 Å². The van der Waals surface area contributed by atoms with E-state index < -0.39 is 10.0 Å². The van der Waals surface area contributed by atoms with E-state index in [0.717, 1.165) is 17.0 Å². The van der Waals surface area contributed by atoms with Gasteiger partial charge in [0.05, 0.1) is 10.9 Å². The second-order valence-corrected chi connectivity index (χ2v) is 7.95. The molecule has 0 fully saturated rings. The molecule has 0 saturated heterocycles. The number of sulfonamides is 1. The van der Waals surface area contributed by atoms with Crippen molar-refractivity contribution in [2.24, 2.45) is 5.14 Å². The Morgan fingerprint density at radius 3 is 2.36 bits per heavy atom. The molecule has 7 heteroatoms. The summed E-state index contributed by atoms with van der Waals surface area (Å²) >= 11 is 1.71. The zero-order valence-electron chi connectivity index (χ0n) is 12.9. The summed E-state index contributed by atoms with van der Waals surface area (Å²) in [6.45, 7) is 6.23. The Labute approximate surface area is 135 Å². The van der Waals surface area contributed by atoms with Crippen molar-refractivity contribution in [1.29, 1.82) is 0 Å². The number of rotatable bonds is 6. The largest absolute Gasteiger partial charge is 0.302 e. The molecule has 2 aromatic rings. The maximum absolute atomic E-state index is 11.3. The molecule has 1 aromatic heterocycles. The van der Waals surface area contributed by atoms with E-state index in [1.54, 1.807) is 23.5 Å². The first kappa shape index (κ1) is 17.1. The van der Waals surface area contributed by atoms with Crippen molar-refractivity contribution < 1.29 is 8.42 Å². The first-order chi connectivity index (χ1) is 10.3. The van der Waals surface area contributed by atoms with Crippen LogP contribution in [-0.4, -0.2) is 13.4 Å². The first-order valence-corrected chi connectivity index (χ1v) is 9.51. The predicted octanol–water partition coefficient (Wildman–Crippen LogP) is 2.76. The number of nitrogens with two attached hydrogens (primary N) is 1. The standard InChI is InChI=1S/C15H21N3O2S2/c1-4-13-9-17-15(21-13)11(3)18-10(2)12-5-7-14(8-6-12)22(16,19)20/h5-11,18H,4H2,1-3H3,(H2,16,19,20)/t10-,11+/m0/s1. The molecule has 0 radical (unpaired) electrons. The minimum Gasteiger partial charge on any atom is -0.302 e. The van der Waals surface area contributed by atoms with E-state index in [-0.39, 0.29) is 17.0 Å². The van der Waals surface area contributed by atoms with E-state index in [9.17, 15) is 8.42 Å². The van der Waals surface area contributed by atoms with E-state index in [0.29, 0.717) is 0 Å². The van der Waals surface area contributed by atoms with Crippen molar-refractivity contribution in [2.75, 3.05) is 0 Å². The Hall–Kier alpha value is -1.28. The molecule has 2 rings (SSSR count). The molecule has 0 saturated carbocycles. The first-order valence-electron chi connectivity index (χ1n) is 7.14. The van der Waals surface area contributed by atoms with E-state index in [2.05, 4.69) is 24.1 Å². The summed E-state index contributed by atoms with van der Waals surface area (Å²) in [6, 6.07) is 6.85. The average molecular weight is 339 g/mol. The molecule has 1 heterocycles. The smallest absolute Gasteiger partial charge is 0.238 e. The third-order valence-electron chi connectivity index (χ3n) is 3.50. The molecule has 0 unspecified atom stereocenters. The van der Waals surface area contributed by atoms with Crippen molar-refractivity contribution in [3.05, 3.63) is 45.9 Å². The van der Waals surface area contributed by atoms with Crippen LogP contribution in [-0.2, 0) is 16.4 Å². The van der Waals surface area contributed by atoms with Crippen molar-refractivity contribution in [2.45, 2.75) is 44.2 Å². The van der Waals surface area contributed by atoms with Gasteiger partial charge in [0, 0.05) is 17.1 Å². The van der Waals surface area contributed by atoms with Gasteiger partial charge < -0.3 is 5.32 Å². The molecule has 3 N–H and O–H groups in total. The number of aryl methyl sites for hydroxylation is 1. The summed E-state index contributed by atoms with van der Waals surface area (Å²) in [4.78, 5) is 5.84. The fourth-order valence-electron chi connectivity index (χ4n) is 2.17. The fourth-order valence-corrected chi connectivity index (χ4v) is 3.56. The third kappa shape index (κ3) is 4.13. The van der Waals surface area contributed by atoms with Crippen LogP contribution in [0.3, 0.4) is 0 Å². The number of aromatic nitrogens is 1. The normalized spacial score (nSPS) is 14.7. The summed E-state index contributed by atoms with van der Waals surface area (Å²) in [5.41, 5.74) is 1.01. The van der Waals surface area contributed by atoms with Crippen LogP contribution in [0.2, 0.25) is 0 Å². The van der Waals surface area contributed by atoms with Gasteiger partial charge in [-0.05, 0) is 38.0 Å². The highest BCUT2D eigenvalue weighted by molar-refractivity contribution is 7.89. The van der Waals surface area contributed by atoms with Crippen LogP contribution >= 0.6 is 11.3 Å². The Morgan fingerprint density at radius 2 is 1.86 bits per heavy atom. The number of hydrogen-bond donors (Lipinski definition) is 2. The van der Waals surface area contributed by atoms with E-state index in [1.165, 1.54) is 17.0 Å². The maximum Gasteiger partial charge on any atom is 0.238 e. The maximum atomic E-state index is 11.3. The minimum atomic E-state index is -3.64. The van der Waals surface area contributed by atoms with Crippen molar-refractivity contribution in [3.8, 4) is 0 Å². The Balaban J connectivity index is 2.06. The van der Waals surface area contributed by atoms with Gasteiger partial charge >= 0.3 is 0 Å². The molecule has 0 bridgehead atoms. The SMILES string of the molecule is CCc1cnc([C@@H](C)N[C@@H](C)c2ccc(S(N)(=O)=O)cc2)s1. The second kappa shape index (κ2) is 6.87. The van der Waals surface area contributed by atoms with Gasteiger partial charge in [0.15, 0.2) is 0 Å². The van der Waals surface area contributed by atoms with Gasteiger partial charge in [0.2, 0.25) is 10.0 Å². The molecular weight excluding hydrogens is 318 g/mol. The molecule has 0 aliphatic heterocycles. The van der Waals surface area contributed by atoms with Gasteiger partial charge in [0.1, 0.15) is 5.01 Å². The van der Waals surface area contributed by atoms with Crippen LogP contribution in [0.5, 0.6) is 0 Å². The number of thiazole rings is 1. The Bertz CT molecular complexity index is 724. The highest BCUT2D eigenvalue weighted by atomic mass is 32.2. The van der Waals surface area contributed by atoms with Gasteiger partial charge in [-0.25, -0.2) is 18.5 Å². The second-order valence-electron chi connectivity index (χ2n) is 5.24. The quantitative estimate of drug-likeness (QED) is 0.847. The number of primary sulfonamides is 1. The topological polar surface area (TPSA) is 85.1 Å². The monoisotopic (exact) mass is 339 g/mol. The molecule has 2 atom stereocenters. The van der Waals surface area contributed by atoms with Crippen LogP contribution in [0.1, 0.15) is 48.3 Å². The summed E-state index contributed by atoms with van der Waals surface area (Å²) in [7, 11) is -3.64. The van der Waals surface area contributed by atoms with Crippen LogP contribution in [0, 0.1) is 0 Å². The van der Waals surface area contributed by atoms with Crippen molar-refractivity contribution in [3.63, 3.8) is 0 Å². The van der Waals surface area contributed by atoms with Crippen LogP contribution in [0.15, 0.2) is 35.4 Å². The predicted molar refractivity (Wildman–Crippen MR) is 89.3 cm³/mol. The van der Waals surface area contributed by atoms with Crippen LogP contribution < -0.4 is 10.5 Å². The summed E-state index contributed by atoms with van der Waals surface area (Å²) in [6.07, 6.45) is 2.92. The molecule has 120 valence electrons. The van der Waals surface area contributed by atoms with Gasteiger partial charge in [-0.1, -0.05) is 19.1 Å². The van der Waals surface area contributed by atoms with Crippen molar-refractivity contribution >= 4 is 21.4 Å². The number of nitrogens with zero attached hydrogens (tertiary/aromatic N) is 1. The van der Waals surface area contributed by atoms with E-state index >= 15 is 0 Å². The highest BCUT2D eigenvalue weighted by Gasteiger charge is 2.15. The third-order valence-corrected chi connectivity index (χ3v) is 5.75. The van der Waals surface area contributed by atoms with Gasteiger partial charge in [0.25, 0.3) is 0 Å². The van der Waals surface area contributed by atoms with Gasteiger partial charge in [-0.15, -0.1) is 11.3 Å². The lowest BCUT2D eigenvalue weighted by Crippen LogP contribution is -2.22. The molecule has 0 aliphatic carbocycles. The summed E-state index contributed by atoms with van der Waals surface area (Å²) in [5.74, 6) is 0. The highest BCUT2D eigenvalue weighted by Crippen LogP contribution is 2.24. The molecular formula is C15H21N3O2S2. The van der Waals surface area contributed by atoms with Crippen molar-refractivity contribution in [1.82, 2.24) is 10.3 Å². The molecule has 1 aromatic carbocycles. The lowest BCUT2D eigenvalue weighted by molar-refractivity contribution is 0.493. The zero-order chi connectivity index (χ0) is 16.3. The summed E-state index contributed by atoms with van der Waals surface area (Å²) in [5, 5.41) is 9.64.